The lowest BCUT2D eigenvalue weighted by atomic mass is 10.0. The third-order valence-corrected chi connectivity index (χ3v) is 3.95. The van der Waals surface area contributed by atoms with Crippen LogP contribution < -0.4 is 15.8 Å². The maximum atomic E-state index is 11.6. The lowest BCUT2D eigenvalue weighted by molar-refractivity contribution is 0.248. The van der Waals surface area contributed by atoms with E-state index in [4.69, 9.17) is 10.5 Å². The van der Waals surface area contributed by atoms with Gasteiger partial charge in [0.1, 0.15) is 11.6 Å². The summed E-state index contributed by atoms with van der Waals surface area (Å²) in [6.07, 6.45) is 3.75. The summed E-state index contributed by atoms with van der Waals surface area (Å²) < 4.78 is 6.46. The summed E-state index contributed by atoms with van der Waals surface area (Å²) >= 11 is 0. The Kier molecular flexibility index (Phi) is 4.00. The molecule has 1 aromatic carbocycles. The monoisotopic (exact) mass is 300 g/mol. The van der Waals surface area contributed by atoms with E-state index >= 15 is 0 Å². The SMILES string of the molecule is COc1ccc(Cc2nn(C(N)=O)c3c2CCCCN3)cc1. The number of nitrogens with two attached hydrogens (primary N) is 1. The van der Waals surface area contributed by atoms with Crippen molar-refractivity contribution in [1.82, 2.24) is 9.78 Å². The standard InChI is InChI=1S/C16H20N4O2/c1-22-12-7-5-11(6-8-12)10-14-13-4-2-3-9-18-15(13)20(19-14)16(17)21/h5-8,18H,2-4,9-10H2,1H3,(H2,17,21). The maximum absolute atomic E-state index is 11.6. The molecule has 2 aromatic rings. The summed E-state index contributed by atoms with van der Waals surface area (Å²) in [6.45, 7) is 0.841. The zero-order valence-corrected chi connectivity index (χ0v) is 12.6. The maximum Gasteiger partial charge on any atom is 0.341 e. The number of carbonyl (C=O) groups is 1. The molecular formula is C16H20N4O2. The minimum absolute atomic E-state index is 0.549. The molecule has 3 N–H and O–H groups in total. The largest absolute Gasteiger partial charge is 0.497 e. The van der Waals surface area contributed by atoms with Crippen LogP contribution in [0.1, 0.15) is 29.7 Å². The van der Waals surface area contributed by atoms with E-state index in [0.29, 0.717) is 6.42 Å². The highest BCUT2D eigenvalue weighted by atomic mass is 16.5. The van der Waals surface area contributed by atoms with Crippen molar-refractivity contribution in [2.24, 2.45) is 5.73 Å². The highest BCUT2D eigenvalue weighted by Crippen LogP contribution is 2.27. The third kappa shape index (κ3) is 2.77. The van der Waals surface area contributed by atoms with Gasteiger partial charge in [0.15, 0.2) is 0 Å². The van der Waals surface area contributed by atoms with Gasteiger partial charge in [-0.3, -0.25) is 0 Å². The average molecular weight is 300 g/mol. The van der Waals surface area contributed by atoms with E-state index in [1.54, 1.807) is 7.11 Å². The highest BCUT2D eigenvalue weighted by molar-refractivity contribution is 5.79. The van der Waals surface area contributed by atoms with Crippen molar-refractivity contribution >= 4 is 11.8 Å². The molecule has 0 saturated heterocycles. The summed E-state index contributed by atoms with van der Waals surface area (Å²) in [6, 6.07) is 7.33. The van der Waals surface area contributed by atoms with E-state index in [0.717, 1.165) is 54.2 Å². The molecule has 0 saturated carbocycles. The number of fused-ring (bicyclic) bond motifs is 1. The predicted octanol–water partition coefficient (Wildman–Crippen LogP) is 2.16. The average Bonchev–Trinajstić information content (AvgIpc) is 2.71. The van der Waals surface area contributed by atoms with Crippen LogP contribution >= 0.6 is 0 Å². The smallest absolute Gasteiger partial charge is 0.341 e. The first-order valence-electron chi connectivity index (χ1n) is 7.46. The Balaban J connectivity index is 1.93. The molecule has 0 unspecified atom stereocenters. The van der Waals surface area contributed by atoms with Gasteiger partial charge in [0.05, 0.1) is 12.8 Å². The number of amides is 1. The minimum Gasteiger partial charge on any atom is -0.497 e. The molecule has 1 aliphatic heterocycles. The molecule has 1 aliphatic rings. The molecule has 1 aromatic heterocycles. The van der Waals surface area contributed by atoms with E-state index in [1.807, 2.05) is 24.3 Å². The van der Waals surface area contributed by atoms with Gasteiger partial charge in [0.2, 0.25) is 0 Å². The molecule has 0 aliphatic carbocycles. The van der Waals surface area contributed by atoms with Crippen molar-refractivity contribution in [3.63, 3.8) is 0 Å². The second-order valence-corrected chi connectivity index (χ2v) is 5.43. The summed E-state index contributed by atoms with van der Waals surface area (Å²) in [5.41, 5.74) is 8.58. The van der Waals surface area contributed by atoms with Crippen LogP contribution in [-0.2, 0) is 12.8 Å². The van der Waals surface area contributed by atoms with Crippen LogP contribution in [-0.4, -0.2) is 29.5 Å². The molecule has 6 heteroatoms. The third-order valence-electron chi connectivity index (χ3n) is 3.95. The van der Waals surface area contributed by atoms with Gasteiger partial charge in [-0.1, -0.05) is 12.1 Å². The molecule has 116 valence electrons. The number of nitrogens with one attached hydrogen (secondary N) is 1. The van der Waals surface area contributed by atoms with Crippen molar-refractivity contribution in [3.8, 4) is 5.75 Å². The lowest BCUT2D eigenvalue weighted by Gasteiger charge is -2.05. The number of rotatable bonds is 3. The van der Waals surface area contributed by atoms with Gasteiger partial charge in [0, 0.05) is 18.5 Å². The van der Waals surface area contributed by atoms with E-state index in [-0.39, 0.29) is 0 Å². The first kappa shape index (κ1) is 14.4. The van der Waals surface area contributed by atoms with Crippen LogP contribution in [0.3, 0.4) is 0 Å². The topological polar surface area (TPSA) is 82.2 Å². The number of methoxy groups -OCH3 is 1. The fourth-order valence-electron chi connectivity index (χ4n) is 2.81. The van der Waals surface area contributed by atoms with Crippen molar-refractivity contribution in [1.29, 1.82) is 0 Å². The number of benzene rings is 1. The number of anilines is 1. The number of ether oxygens (including phenoxy) is 1. The summed E-state index contributed by atoms with van der Waals surface area (Å²) in [5, 5.41) is 7.70. The first-order valence-corrected chi connectivity index (χ1v) is 7.46. The fourth-order valence-corrected chi connectivity index (χ4v) is 2.81. The Morgan fingerprint density at radius 2 is 2.14 bits per heavy atom. The van der Waals surface area contributed by atoms with Crippen molar-refractivity contribution in [2.75, 3.05) is 19.0 Å². The molecule has 0 radical (unpaired) electrons. The molecule has 6 nitrogen and oxygen atoms in total. The van der Waals surface area contributed by atoms with Gasteiger partial charge >= 0.3 is 6.03 Å². The summed E-state index contributed by atoms with van der Waals surface area (Å²) in [4.78, 5) is 11.6. The Morgan fingerprint density at radius 1 is 1.36 bits per heavy atom. The number of carbonyl (C=O) groups excluding carboxylic acids is 1. The van der Waals surface area contributed by atoms with Gasteiger partial charge in [0.25, 0.3) is 0 Å². The zero-order valence-electron chi connectivity index (χ0n) is 12.6. The Labute approximate surface area is 129 Å². The summed E-state index contributed by atoms with van der Waals surface area (Å²) in [5.74, 6) is 1.58. The van der Waals surface area contributed by atoms with E-state index in [1.165, 1.54) is 4.68 Å². The van der Waals surface area contributed by atoms with Crippen molar-refractivity contribution in [2.45, 2.75) is 25.7 Å². The van der Waals surface area contributed by atoms with Gasteiger partial charge in [-0.05, 0) is 37.0 Å². The molecule has 3 rings (SSSR count). The molecule has 0 spiro atoms. The molecule has 0 atom stereocenters. The summed E-state index contributed by atoms with van der Waals surface area (Å²) in [7, 11) is 1.65. The molecule has 0 bridgehead atoms. The normalized spacial score (nSPS) is 13.9. The van der Waals surface area contributed by atoms with Gasteiger partial charge in [-0.15, -0.1) is 0 Å². The van der Waals surface area contributed by atoms with Crippen LogP contribution in [0.4, 0.5) is 10.6 Å². The Morgan fingerprint density at radius 3 is 2.82 bits per heavy atom. The van der Waals surface area contributed by atoms with E-state index in [9.17, 15) is 4.79 Å². The van der Waals surface area contributed by atoms with Crippen LogP contribution in [0.15, 0.2) is 24.3 Å². The Hall–Kier alpha value is -2.50. The number of hydrogen-bond acceptors (Lipinski definition) is 4. The number of aromatic nitrogens is 2. The molecule has 22 heavy (non-hydrogen) atoms. The molecule has 1 amide bonds. The van der Waals surface area contributed by atoms with Crippen LogP contribution in [0.2, 0.25) is 0 Å². The lowest BCUT2D eigenvalue weighted by Crippen LogP contribution is -2.23. The first-order chi connectivity index (χ1) is 10.7. The fraction of sp³-hybridized carbons (Fsp3) is 0.375. The Bertz CT molecular complexity index is 676. The second-order valence-electron chi connectivity index (χ2n) is 5.43. The van der Waals surface area contributed by atoms with Crippen LogP contribution in [0.5, 0.6) is 5.75 Å². The van der Waals surface area contributed by atoms with Gasteiger partial charge < -0.3 is 15.8 Å². The van der Waals surface area contributed by atoms with E-state index in [2.05, 4.69) is 10.4 Å². The minimum atomic E-state index is -0.549. The molecule has 2 heterocycles. The number of primary amides is 1. The van der Waals surface area contributed by atoms with Crippen LogP contribution in [0, 0.1) is 0 Å². The number of hydrogen-bond donors (Lipinski definition) is 2. The van der Waals surface area contributed by atoms with Gasteiger partial charge in [-0.2, -0.15) is 9.78 Å². The van der Waals surface area contributed by atoms with Gasteiger partial charge in [-0.25, -0.2) is 4.79 Å². The highest BCUT2D eigenvalue weighted by Gasteiger charge is 2.21. The number of nitrogens with zero attached hydrogens (tertiary/aromatic N) is 2. The second kappa shape index (κ2) is 6.09. The van der Waals surface area contributed by atoms with E-state index < -0.39 is 6.03 Å². The zero-order chi connectivity index (χ0) is 15.5. The quantitative estimate of drug-likeness (QED) is 0.910. The van der Waals surface area contributed by atoms with Crippen LogP contribution in [0.25, 0.3) is 0 Å². The molecular weight excluding hydrogens is 280 g/mol. The molecule has 0 fully saturated rings. The van der Waals surface area contributed by atoms with Crippen molar-refractivity contribution in [3.05, 3.63) is 41.1 Å². The predicted molar refractivity (Wildman–Crippen MR) is 84.4 cm³/mol. The van der Waals surface area contributed by atoms with Crippen molar-refractivity contribution < 1.29 is 9.53 Å².